The van der Waals surface area contributed by atoms with Crippen molar-refractivity contribution in [3.63, 3.8) is 0 Å². The van der Waals surface area contributed by atoms with Crippen molar-refractivity contribution in [1.29, 1.82) is 0 Å². The zero-order valence-electron chi connectivity index (χ0n) is 11.2. The first-order chi connectivity index (χ1) is 10.1. The van der Waals surface area contributed by atoms with Gasteiger partial charge in [-0.1, -0.05) is 71.7 Å². The minimum atomic E-state index is -0.103. The second-order valence-corrected chi connectivity index (χ2v) is 6.33. The lowest BCUT2D eigenvalue weighted by molar-refractivity contribution is 0.928. The van der Waals surface area contributed by atoms with E-state index in [1.165, 1.54) is 10.8 Å². The van der Waals surface area contributed by atoms with Crippen molar-refractivity contribution in [2.75, 3.05) is 0 Å². The van der Waals surface area contributed by atoms with Crippen LogP contribution in [0.15, 0.2) is 60.7 Å². The molecule has 1 atom stereocenters. The molecule has 0 heterocycles. The van der Waals surface area contributed by atoms with Crippen molar-refractivity contribution >= 4 is 45.6 Å². The fourth-order valence-corrected chi connectivity index (χ4v) is 3.20. The summed E-state index contributed by atoms with van der Waals surface area (Å²) in [6.07, 6.45) is 0.715. The molecule has 0 saturated heterocycles. The molecule has 1 unspecified atom stereocenters. The van der Waals surface area contributed by atoms with Crippen LogP contribution in [0.2, 0.25) is 10.0 Å². The Morgan fingerprint density at radius 3 is 2.38 bits per heavy atom. The van der Waals surface area contributed by atoms with Crippen LogP contribution in [0, 0.1) is 0 Å². The Balaban J connectivity index is 1.93. The minimum absolute atomic E-state index is 0.103. The third-order valence-electron chi connectivity index (χ3n) is 3.56. The van der Waals surface area contributed by atoms with Crippen LogP contribution in [0.4, 0.5) is 0 Å². The maximum absolute atomic E-state index is 6.64. The Labute approximate surface area is 139 Å². The van der Waals surface area contributed by atoms with Crippen LogP contribution in [0.3, 0.4) is 0 Å². The van der Waals surface area contributed by atoms with Gasteiger partial charge in [-0.15, -0.1) is 11.6 Å². The molecule has 3 heteroatoms. The van der Waals surface area contributed by atoms with Gasteiger partial charge < -0.3 is 0 Å². The number of halogens is 3. The topological polar surface area (TPSA) is 0 Å². The van der Waals surface area contributed by atoms with E-state index in [2.05, 4.69) is 24.3 Å². The molecule has 3 aromatic carbocycles. The van der Waals surface area contributed by atoms with Crippen LogP contribution in [-0.4, -0.2) is 0 Å². The van der Waals surface area contributed by atoms with Crippen molar-refractivity contribution in [2.45, 2.75) is 11.8 Å². The van der Waals surface area contributed by atoms with Gasteiger partial charge in [-0.05, 0) is 40.5 Å². The maximum atomic E-state index is 6.64. The van der Waals surface area contributed by atoms with Gasteiger partial charge in [0, 0.05) is 0 Å². The highest BCUT2D eigenvalue weighted by molar-refractivity contribution is 6.42. The largest absolute Gasteiger partial charge is 0.117 e. The van der Waals surface area contributed by atoms with Gasteiger partial charge in [0.15, 0.2) is 0 Å². The molecule has 0 radical (unpaired) electrons. The van der Waals surface area contributed by atoms with E-state index in [0.717, 1.165) is 11.1 Å². The lowest BCUT2D eigenvalue weighted by Gasteiger charge is -2.13. The van der Waals surface area contributed by atoms with E-state index in [1.807, 2.05) is 36.4 Å². The third-order valence-corrected chi connectivity index (χ3v) is 4.69. The highest BCUT2D eigenvalue weighted by Gasteiger charge is 2.12. The van der Waals surface area contributed by atoms with Crippen molar-refractivity contribution < 1.29 is 0 Å². The monoisotopic (exact) mass is 334 g/mol. The van der Waals surface area contributed by atoms with Gasteiger partial charge in [0.05, 0.1) is 15.4 Å². The van der Waals surface area contributed by atoms with Crippen LogP contribution in [0.1, 0.15) is 16.5 Å². The van der Waals surface area contributed by atoms with Crippen LogP contribution in [0.5, 0.6) is 0 Å². The molecule has 0 aliphatic heterocycles. The molecular weight excluding hydrogens is 323 g/mol. The zero-order chi connectivity index (χ0) is 14.8. The Hall–Kier alpha value is -1.21. The molecule has 0 bridgehead atoms. The summed E-state index contributed by atoms with van der Waals surface area (Å²) in [6, 6.07) is 20.2. The minimum Gasteiger partial charge on any atom is -0.117 e. The molecule has 0 spiro atoms. The van der Waals surface area contributed by atoms with Gasteiger partial charge in [-0.3, -0.25) is 0 Å². The average Bonchev–Trinajstić information content (AvgIpc) is 2.50. The van der Waals surface area contributed by atoms with Gasteiger partial charge in [0.2, 0.25) is 0 Å². The smallest absolute Gasteiger partial charge is 0.0631 e. The second-order valence-electron chi connectivity index (χ2n) is 4.99. The molecule has 106 valence electrons. The summed E-state index contributed by atoms with van der Waals surface area (Å²) in [5.41, 5.74) is 2.22. The normalized spacial score (nSPS) is 12.5. The zero-order valence-corrected chi connectivity index (χ0v) is 13.5. The number of rotatable bonds is 3. The van der Waals surface area contributed by atoms with Gasteiger partial charge in [0.25, 0.3) is 0 Å². The number of hydrogen-bond donors (Lipinski definition) is 0. The molecule has 0 fully saturated rings. The first kappa shape index (κ1) is 14.7. The molecule has 0 saturated carbocycles. The Bertz CT molecular complexity index is 775. The van der Waals surface area contributed by atoms with E-state index < -0.39 is 0 Å². The van der Waals surface area contributed by atoms with Crippen LogP contribution >= 0.6 is 34.8 Å². The first-order valence-electron chi connectivity index (χ1n) is 6.71. The van der Waals surface area contributed by atoms with Crippen LogP contribution in [-0.2, 0) is 6.42 Å². The van der Waals surface area contributed by atoms with E-state index in [9.17, 15) is 0 Å². The lowest BCUT2D eigenvalue weighted by Crippen LogP contribution is -1.97. The van der Waals surface area contributed by atoms with Crippen molar-refractivity contribution in [3.8, 4) is 0 Å². The van der Waals surface area contributed by atoms with Crippen LogP contribution in [0.25, 0.3) is 10.8 Å². The van der Waals surface area contributed by atoms with E-state index in [0.29, 0.717) is 16.5 Å². The summed E-state index contributed by atoms with van der Waals surface area (Å²) in [6.45, 7) is 0. The quantitative estimate of drug-likeness (QED) is 0.469. The predicted octanol–water partition coefficient (Wildman–Crippen LogP) is 6.67. The summed E-state index contributed by atoms with van der Waals surface area (Å²) in [5.74, 6) is 0. The SMILES string of the molecule is Clc1ccc(CC(Cl)c2cccc3ccccc23)cc1Cl. The third kappa shape index (κ3) is 3.18. The van der Waals surface area contributed by atoms with Crippen molar-refractivity contribution in [1.82, 2.24) is 0 Å². The highest BCUT2D eigenvalue weighted by atomic mass is 35.5. The fourth-order valence-electron chi connectivity index (χ4n) is 2.51. The van der Waals surface area contributed by atoms with Gasteiger partial charge in [-0.2, -0.15) is 0 Å². The lowest BCUT2D eigenvalue weighted by atomic mass is 9.98. The standard InChI is InChI=1S/C18H13Cl3/c19-16-9-8-12(11-18(16)21)10-17(20)15-7-3-5-13-4-1-2-6-14(13)15/h1-9,11,17H,10H2. The number of benzene rings is 3. The molecule has 0 aliphatic rings. The van der Waals surface area contributed by atoms with Crippen molar-refractivity contribution in [2.24, 2.45) is 0 Å². The van der Waals surface area contributed by atoms with E-state index in [1.54, 1.807) is 0 Å². The molecule has 3 rings (SSSR count). The number of alkyl halides is 1. The molecule has 0 amide bonds. The molecule has 0 N–H and O–H groups in total. The Kier molecular flexibility index (Phi) is 4.40. The van der Waals surface area contributed by atoms with Gasteiger partial charge in [-0.25, -0.2) is 0 Å². The second kappa shape index (κ2) is 6.27. The van der Waals surface area contributed by atoms with Crippen molar-refractivity contribution in [3.05, 3.63) is 81.8 Å². The number of fused-ring (bicyclic) bond motifs is 1. The van der Waals surface area contributed by atoms with E-state index in [-0.39, 0.29) is 5.38 Å². The fraction of sp³-hybridized carbons (Fsp3) is 0.111. The number of hydrogen-bond acceptors (Lipinski definition) is 0. The molecule has 21 heavy (non-hydrogen) atoms. The molecule has 0 aliphatic carbocycles. The Morgan fingerprint density at radius 1 is 0.810 bits per heavy atom. The first-order valence-corrected chi connectivity index (χ1v) is 7.90. The van der Waals surface area contributed by atoms with E-state index in [4.69, 9.17) is 34.8 Å². The molecule has 3 aromatic rings. The maximum Gasteiger partial charge on any atom is 0.0631 e. The molecular formula is C18H13Cl3. The summed E-state index contributed by atoms with van der Waals surface area (Å²) in [5, 5.41) is 3.43. The molecule has 0 aromatic heterocycles. The van der Waals surface area contributed by atoms with Gasteiger partial charge >= 0.3 is 0 Å². The summed E-state index contributed by atoms with van der Waals surface area (Å²) in [7, 11) is 0. The summed E-state index contributed by atoms with van der Waals surface area (Å²) < 4.78 is 0. The Morgan fingerprint density at radius 2 is 1.57 bits per heavy atom. The molecule has 0 nitrogen and oxygen atoms in total. The predicted molar refractivity (Wildman–Crippen MR) is 92.7 cm³/mol. The van der Waals surface area contributed by atoms with E-state index >= 15 is 0 Å². The highest BCUT2D eigenvalue weighted by Crippen LogP contribution is 2.32. The van der Waals surface area contributed by atoms with Crippen LogP contribution < -0.4 is 0 Å². The summed E-state index contributed by atoms with van der Waals surface area (Å²) in [4.78, 5) is 0. The average molecular weight is 336 g/mol. The summed E-state index contributed by atoms with van der Waals surface area (Å²) >= 11 is 18.6. The van der Waals surface area contributed by atoms with Gasteiger partial charge in [0.1, 0.15) is 0 Å².